The first-order valence-electron chi connectivity index (χ1n) is 10.7. The molecule has 0 radical (unpaired) electrons. The molecule has 4 rings (SSSR count). The van der Waals surface area contributed by atoms with Crippen molar-refractivity contribution in [3.05, 3.63) is 100 Å². The van der Waals surface area contributed by atoms with Crippen molar-refractivity contribution in [2.45, 2.75) is 29.3 Å². The number of alkyl halides is 1. The van der Waals surface area contributed by atoms with Crippen LogP contribution in [0.4, 0.5) is 4.79 Å². The van der Waals surface area contributed by atoms with Gasteiger partial charge in [-0.2, -0.15) is 4.72 Å². The average molecular weight is 578 g/mol. The van der Waals surface area contributed by atoms with Crippen LogP contribution < -0.4 is 4.72 Å². The van der Waals surface area contributed by atoms with Crippen LogP contribution in [0, 0.1) is 6.92 Å². The van der Waals surface area contributed by atoms with Gasteiger partial charge in [0.2, 0.25) is 10.0 Å². The first kappa shape index (κ1) is 25.4. The zero-order valence-electron chi connectivity index (χ0n) is 18.6. The Balaban J connectivity index is 1.74. The van der Waals surface area contributed by atoms with E-state index in [-0.39, 0.29) is 11.5 Å². The Morgan fingerprint density at radius 3 is 2.34 bits per heavy atom. The van der Waals surface area contributed by atoms with E-state index in [0.717, 1.165) is 10.5 Å². The van der Waals surface area contributed by atoms with Crippen molar-refractivity contribution in [3.8, 4) is 0 Å². The quantitative estimate of drug-likeness (QED) is 0.394. The van der Waals surface area contributed by atoms with Gasteiger partial charge >= 0.3 is 6.09 Å². The molecule has 3 aromatic carbocycles. The van der Waals surface area contributed by atoms with Crippen LogP contribution in [0.25, 0.3) is 0 Å². The smallest absolute Gasteiger partial charge is 0.417 e. The lowest BCUT2D eigenvalue weighted by Gasteiger charge is -2.28. The highest BCUT2D eigenvalue weighted by atomic mass is 79.9. The summed E-state index contributed by atoms with van der Waals surface area (Å²) in [6, 6.07) is 19.8. The Morgan fingerprint density at radius 2 is 1.69 bits per heavy atom. The summed E-state index contributed by atoms with van der Waals surface area (Å²) in [5.41, 5.74) is 2.05. The predicted molar refractivity (Wildman–Crippen MR) is 135 cm³/mol. The van der Waals surface area contributed by atoms with Crippen LogP contribution >= 0.6 is 27.5 Å². The largest absolute Gasteiger partial charge is 0.446 e. The minimum Gasteiger partial charge on any atom is -0.446 e. The molecular formula is C25H22BrClN2O5S. The average Bonchev–Trinajstić information content (AvgIpc) is 3.24. The lowest BCUT2D eigenvalue weighted by molar-refractivity contribution is -0.131. The number of halogens is 2. The summed E-state index contributed by atoms with van der Waals surface area (Å²) >= 11 is 10.2. The maximum absolute atomic E-state index is 13.8. The van der Waals surface area contributed by atoms with Gasteiger partial charge in [0, 0.05) is 4.47 Å². The summed E-state index contributed by atoms with van der Waals surface area (Å²) in [5, 5.41) is -1.14. The molecule has 7 nitrogen and oxygen atoms in total. The Morgan fingerprint density at radius 1 is 1.06 bits per heavy atom. The molecular weight excluding hydrogens is 556 g/mol. The molecule has 1 aliphatic heterocycles. The van der Waals surface area contributed by atoms with Gasteiger partial charge in [-0.05, 0) is 36.2 Å². The minimum atomic E-state index is -4.17. The third kappa shape index (κ3) is 5.43. The van der Waals surface area contributed by atoms with Crippen LogP contribution in [0.2, 0.25) is 0 Å². The number of nitrogens with zero attached hydrogens (tertiary/aromatic N) is 1. The molecule has 0 bridgehead atoms. The van der Waals surface area contributed by atoms with Crippen LogP contribution in [-0.4, -0.2) is 38.0 Å². The van der Waals surface area contributed by atoms with E-state index < -0.39 is 39.5 Å². The van der Waals surface area contributed by atoms with Crippen LogP contribution in [0.5, 0.6) is 0 Å². The molecule has 0 unspecified atom stereocenters. The highest BCUT2D eigenvalue weighted by Crippen LogP contribution is 2.35. The molecule has 1 fully saturated rings. The van der Waals surface area contributed by atoms with Gasteiger partial charge < -0.3 is 4.74 Å². The zero-order chi connectivity index (χ0) is 25.2. The third-order valence-electron chi connectivity index (χ3n) is 5.67. The van der Waals surface area contributed by atoms with Crippen molar-refractivity contribution >= 4 is 49.6 Å². The molecule has 1 heterocycles. The van der Waals surface area contributed by atoms with E-state index in [9.17, 15) is 18.0 Å². The van der Waals surface area contributed by atoms with Gasteiger partial charge in [0.05, 0.1) is 10.3 Å². The molecule has 0 aliphatic carbocycles. The van der Waals surface area contributed by atoms with Crippen molar-refractivity contribution in [3.63, 3.8) is 0 Å². The van der Waals surface area contributed by atoms with Crippen molar-refractivity contribution in [2.24, 2.45) is 0 Å². The highest BCUT2D eigenvalue weighted by Gasteiger charge is 2.45. The van der Waals surface area contributed by atoms with Gasteiger partial charge in [-0.1, -0.05) is 82.2 Å². The number of ether oxygens (including phenoxy) is 1. The van der Waals surface area contributed by atoms with Gasteiger partial charge in [0.15, 0.2) is 0 Å². The van der Waals surface area contributed by atoms with Crippen molar-refractivity contribution in [1.29, 1.82) is 0 Å². The number of nitrogens with one attached hydrogen (secondary N) is 1. The van der Waals surface area contributed by atoms with Crippen LogP contribution in [-0.2, 0) is 19.6 Å². The molecule has 0 aromatic heterocycles. The maximum Gasteiger partial charge on any atom is 0.417 e. The first-order chi connectivity index (χ1) is 16.7. The van der Waals surface area contributed by atoms with E-state index >= 15 is 0 Å². The Labute approximate surface area is 217 Å². The number of carbonyl (C=O) groups is 2. The summed E-state index contributed by atoms with van der Waals surface area (Å²) in [7, 11) is -4.17. The molecule has 0 saturated carbocycles. The molecule has 0 spiro atoms. The summed E-state index contributed by atoms with van der Waals surface area (Å²) in [4.78, 5) is 27.4. The minimum absolute atomic E-state index is 0.0273. The number of carbonyl (C=O) groups excluding carboxylic acids is 2. The molecule has 10 heteroatoms. The molecule has 3 atom stereocenters. The van der Waals surface area contributed by atoms with Crippen molar-refractivity contribution in [1.82, 2.24) is 9.62 Å². The fourth-order valence-electron chi connectivity index (χ4n) is 3.80. The molecule has 1 N–H and O–H groups in total. The zero-order valence-corrected chi connectivity index (χ0v) is 21.8. The summed E-state index contributed by atoms with van der Waals surface area (Å²) in [6.07, 6.45) is -0.862. The maximum atomic E-state index is 13.8. The summed E-state index contributed by atoms with van der Waals surface area (Å²) in [5.74, 6) is -0.812. The van der Waals surface area contributed by atoms with E-state index in [2.05, 4.69) is 20.7 Å². The van der Waals surface area contributed by atoms with Gasteiger partial charge in [-0.25, -0.2) is 18.1 Å². The molecule has 1 aliphatic rings. The fraction of sp³-hybridized carbons (Fsp3) is 0.200. The third-order valence-corrected chi connectivity index (χ3v) is 8.34. The van der Waals surface area contributed by atoms with E-state index in [1.54, 1.807) is 60.7 Å². The number of rotatable bonds is 7. The van der Waals surface area contributed by atoms with E-state index in [1.807, 2.05) is 13.0 Å². The Hall–Kier alpha value is -2.72. The van der Waals surface area contributed by atoms with Gasteiger partial charge in [-0.3, -0.25) is 4.79 Å². The lowest BCUT2D eigenvalue weighted by Crippen LogP contribution is -2.51. The Bertz CT molecular complexity index is 1340. The van der Waals surface area contributed by atoms with Gasteiger partial charge in [-0.15, -0.1) is 11.6 Å². The molecule has 35 heavy (non-hydrogen) atoms. The number of benzene rings is 3. The first-order valence-corrected chi connectivity index (χ1v) is 13.4. The Kier molecular flexibility index (Phi) is 7.61. The van der Waals surface area contributed by atoms with Crippen molar-refractivity contribution in [2.75, 3.05) is 6.61 Å². The van der Waals surface area contributed by atoms with E-state index in [4.69, 9.17) is 16.3 Å². The van der Waals surface area contributed by atoms with Crippen LogP contribution in [0.1, 0.15) is 28.1 Å². The number of imide groups is 1. The van der Waals surface area contributed by atoms with Gasteiger partial charge in [0.25, 0.3) is 5.91 Å². The molecule has 3 aromatic rings. The molecule has 1 saturated heterocycles. The number of amides is 2. The molecule has 2 amide bonds. The highest BCUT2D eigenvalue weighted by molar-refractivity contribution is 9.10. The lowest BCUT2D eigenvalue weighted by atomic mass is 10.0. The number of aryl methyl sites for hydroxylation is 1. The number of cyclic esters (lactones) is 1. The van der Waals surface area contributed by atoms with E-state index in [0.29, 0.717) is 15.6 Å². The van der Waals surface area contributed by atoms with Gasteiger partial charge in [0.1, 0.15) is 18.7 Å². The standard InChI is InChI=1S/C25H22BrClN2O5S/c1-16-11-13-18(14-12-16)35(32,33)28-23(22(27)19-9-5-6-10-20(19)26)24(30)29-21(15-34-25(29)31)17-7-3-2-4-8-17/h2-14,21-23,28H,15H2,1H3/t21-,22+,23+/m1/s1. The summed E-state index contributed by atoms with van der Waals surface area (Å²) in [6.45, 7) is 1.79. The second-order valence-corrected chi connectivity index (χ2v) is 11.1. The van der Waals surface area contributed by atoms with E-state index in [1.165, 1.54) is 12.1 Å². The second-order valence-electron chi connectivity index (χ2n) is 8.05. The van der Waals surface area contributed by atoms with Crippen molar-refractivity contribution < 1.29 is 22.7 Å². The number of hydrogen-bond donors (Lipinski definition) is 1. The fourth-order valence-corrected chi connectivity index (χ4v) is 6.10. The predicted octanol–water partition coefficient (Wildman–Crippen LogP) is 5.10. The summed E-state index contributed by atoms with van der Waals surface area (Å²) < 4.78 is 34.7. The normalized spacial score (nSPS) is 17.6. The number of hydrogen-bond acceptors (Lipinski definition) is 5. The monoisotopic (exact) mass is 576 g/mol. The topological polar surface area (TPSA) is 92.8 Å². The second kappa shape index (κ2) is 10.5. The molecule has 182 valence electrons. The SMILES string of the molecule is Cc1ccc(S(=O)(=O)N[C@H](C(=O)N2C(=O)OC[C@@H]2c2ccccc2)[C@@H](Cl)c2ccccc2Br)cc1. The van der Waals surface area contributed by atoms with Crippen LogP contribution in [0.15, 0.2) is 88.2 Å². The number of sulfonamides is 1. The van der Waals surface area contributed by atoms with Crippen LogP contribution in [0.3, 0.4) is 0 Å².